The minimum absolute atomic E-state index is 0.208. The zero-order valence-electron chi connectivity index (χ0n) is 14.4. The molecule has 0 bridgehead atoms. The lowest BCUT2D eigenvalue weighted by Crippen LogP contribution is -2.39. The fraction of sp³-hybridized carbons (Fsp3) is 0.750. The average molecular weight is 325 g/mol. The number of hydrogen-bond acceptors (Lipinski definition) is 5. The molecule has 7 nitrogen and oxygen atoms in total. The normalized spacial score (nSPS) is 16.0. The van der Waals surface area contributed by atoms with E-state index < -0.39 is 11.1 Å². The van der Waals surface area contributed by atoms with Gasteiger partial charge >= 0.3 is 6.09 Å². The zero-order valence-corrected chi connectivity index (χ0v) is 14.4. The van der Waals surface area contributed by atoms with Gasteiger partial charge in [-0.2, -0.15) is 5.10 Å². The molecular formula is C16H27N3O4. The maximum atomic E-state index is 12.3. The van der Waals surface area contributed by atoms with Crippen molar-refractivity contribution < 1.29 is 19.7 Å². The number of nitrogens with zero attached hydrogens (tertiary/aromatic N) is 3. The third-order valence-electron chi connectivity index (χ3n) is 3.97. The second-order valence-corrected chi connectivity index (χ2v) is 7.36. The van der Waals surface area contributed by atoms with Gasteiger partial charge in [-0.25, -0.2) is 4.79 Å². The standard InChI is InChI=1S/C16H27N3O4/c1-15(2,3)23-14(22)18-7-5-6-13-12(8-18)9-19(17-13)16(4,10-20)11-21/h9,20-21H,5-8,10-11H2,1-4H3. The van der Waals surface area contributed by atoms with Gasteiger partial charge in [-0.15, -0.1) is 0 Å². The first-order chi connectivity index (χ1) is 10.7. The maximum Gasteiger partial charge on any atom is 0.410 e. The van der Waals surface area contributed by atoms with Crippen LogP contribution in [0.3, 0.4) is 0 Å². The van der Waals surface area contributed by atoms with E-state index in [0.29, 0.717) is 13.1 Å². The van der Waals surface area contributed by atoms with Crippen molar-refractivity contribution in [3.63, 3.8) is 0 Å². The molecule has 7 heteroatoms. The van der Waals surface area contributed by atoms with Crippen LogP contribution in [0, 0.1) is 0 Å². The van der Waals surface area contributed by atoms with E-state index in [1.807, 2.05) is 27.0 Å². The van der Waals surface area contributed by atoms with Gasteiger partial charge in [0, 0.05) is 18.3 Å². The first-order valence-electron chi connectivity index (χ1n) is 7.96. The summed E-state index contributed by atoms with van der Waals surface area (Å²) in [7, 11) is 0. The van der Waals surface area contributed by atoms with Crippen molar-refractivity contribution in [2.75, 3.05) is 19.8 Å². The summed E-state index contributed by atoms with van der Waals surface area (Å²) in [5.41, 5.74) is 0.469. The van der Waals surface area contributed by atoms with E-state index in [1.54, 1.807) is 16.5 Å². The first kappa shape index (κ1) is 17.7. The molecule has 1 aliphatic rings. The molecule has 0 saturated carbocycles. The van der Waals surface area contributed by atoms with Crippen LogP contribution in [0.2, 0.25) is 0 Å². The summed E-state index contributed by atoms with van der Waals surface area (Å²) in [5.74, 6) is 0. The van der Waals surface area contributed by atoms with E-state index in [4.69, 9.17) is 4.74 Å². The molecule has 0 saturated heterocycles. The maximum absolute atomic E-state index is 12.3. The summed E-state index contributed by atoms with van der Waals surface area (Å²) in [6.45, 7) is 7.92. The quantitative estimate of drug-likeness (QED) is 0.874. The number of carbonyl (C=O) groups is 1. The van der Waals surface area contributed by atoms with Crippen LogP contribution in [0.5, 0.6) is 0 Å². The van der Waals surface area contributed by atoms with Crippen molar-refractivity contribution in [1.29, 1.82) is 0 Å². The molecule has 23 heavy (non-hydrogen) atoms. The van der Waals surface area contributed by atoms with Crippen LogP contribution in [0.1, 0.15) is 45.4 Å². The Kier molecular flexibility index (Phi) is 5.01. The van der Waals surface area contributed by atoms with E-state index in [0.717, 1.165) is 24.1 Å². The van der Waals surface area contributed by atoms with E-state index in [1.165, 1.54) is 0 Å². The molecule has 130 valence electrons. The second kappa shape index (κ2) is 6.49. The minimum Gasteiger partial charge on any atom is -0.444 e. The Bertz CT molecular complexity index is 558. The van der Waals surface area contributed by atoms with Gasteiger partial charge in [0.05, 0.1) is 25.5 Å². The van der Waals surface area contributed by atoms with Gasteiger partial charge in [-0.05, 0) is 40.5 Å². The minimum atomic E-state index is -0.844. The van der Waals surface area contributed by atoms with Crippen molar-refractivity contribution in [2.45, 2.75) is 58.2 Å². The SMILES string of the molecule is CC(C)(C)OC(=O)N1CCCc2nn(C(C)(CO)CO)cc2C1. The molecule has 1 aromatic heterocycles. The Balaban J connectivity index is 2.20. The summed E-state index contributed by atoms with van der Waals surface area (Å²) in [4.78, 5) is 14.0. The molecule has 0 radical (unpaired) electrons. The number of ether oxygens (including phenoxy) is 1. The lowest BCUT2D eigenvalue weighted by Gasteiger charge is -2.27. The summed E-state index contributed by atoms with van der Waals surface area (Å²) < 4.78 is 7.05. The zero-order chi connectivity index (χ0) is 17.3. The van der Waals surface area contributed by atoms with Crippen molar-refractivity contribution >= 4 is 6.09 Å². The molecule has 1 aromatic rings. The highest BCUT2D eigenvalue weighted by atomic mass is 16.6. The van der Waals surface area contributed by atoms with Gasteiger partial charge < -0.3 is 19.8 Å². The van der Waals surface area contributed by atoms with Gasteiger partial charge in [0.15, 0.2) is 0 Å². The number of aryl methyl sites for hydroxylation is 1. The lowest BCUT2D eigenvalue weighted by atomic mass is 10.1. The number of amides is 1. The second-order valence-electron chi connectivity index (χ2n) is 7.36. The molecule has 2 N–H and O–H groups in total. The Hall–Kier alpha value is -1.60. The Morgan fingerprint density at radius 3 is 2.52 bits per heavy atom. The molecule has 0 unspecified atom stereocenters. The molecule has 0 fully saturated rings. The highest BCUT2D eigenvalue weighted by Gasteiger charge is 2.30. The van der Waals surface area contributed by atoms with E-state index >= 15 is 0 Å². The lowest BCUT2D eigenvalue weighted by molar-refractivity contribution is 0.0235. The van der Waals surface area contributed by atoms with Gasteiger partial charge in [0.25, 0.3) is 0 Å². The van der Waals surface area contributed by atoms with Crippen LogP contribution in [0.15, 0.2) is 6.20 Å². The molecule has 0 aromatic carbocycles. The van der Waals surface area contributed by atoms with E-state index in [9.17, 15) is 15.0 Å². The largest absolute Gasteiger partial charge is 0.444 e. The van der Waals surface area contributed by atoms with Gasteiger partial charge in [-0.3, -0.25) is 4.68 Å². The molecule has 1 aliphatic heterocycles. The number of aliphatic hydroxyl groups excluding tert-OH is 2. The number of aliphatic hydroxyl groups is 2. The number of fused-ring (bicyclic) bond motifs is 1. The Morgan fingerprint density at radius 1 is 1.30 bits per heavy atom. The smallest absolute Gasteiger partial charge is 0.410 e. The van der Waals surface area contributed by atoms with E-state index in [2.05, 4.69) is 5.10 Å². The van der Waals surface area contributed by atoms with Crippen molar-refractivity contribution in [2.24, 2.45) is 0 Å². The van der Waals surface area contributed by atoms with E-state index in [-0.39, 0.29) is 19.3 Å². The Morgan fingerprint density at radius 2 is 1.96 bits per heavy atom. The topological polar surface area (TPSA) is 87.8 Å². The van der Waals surface area contributed by atoms with Crippen molar-refractivity contribution in [1.82, 2.24) is 14.7 Å². The van der Waals surface area contributed by atoms with Crippen LogP contribution in [-0.4, -0.2) is 56.3 Å². The third-order valence-corrected chi connectivity index (χ3v) is 3.97. The number of rotatable bonds is 3. The van der Waals surface area contributed by atoms with Crippen LogP contribution < -0.4 is 0 Å². The van der Waals surface area contributed by atoms with Gasteiger partial charge in [0.2, 0.25) is 0 Å². The Labute approximate surface area is 136 Å². The number of carbonyl (C=O) groups excluding carboxylic acids is 1. The first-order valence-corrected chi connectivity index (χ1v) is 7.96. The molecule has 0 spiro atoms. The average Bonchev–Trinajstić information content (AvgIpc) is 2.77. The molecule has 2 rings (SSSR count). The highest BCUT2D eigenvalue weighted by Crippen LogP contribution is 2.23. The predicted molar refractivity (Wildman–Crippen MR) is 85.0 cm³/mol. The van der Waals surface area contributed by atoms with Crippen LogP contribution in [0.25, 0.3) is 0 Å². The number of aromatic nitrogens is 2. The fourth-order valence-electron chi connectivity index (χ4n) is 2.46. The summed E-state index contributed by atoms with van der Waals surface area (Å²) in [6.07, 6.45) is 3.04. The molecular weight excluding hydrogens is 298 g/mol. The number of hydrogen-bond donors (Lipinski definition) is 2. The van der Waals surface area contributed by atoms with Crippen molar-refractivity contribution in [3.05, 3.63) is 17.5 Å². The molecule has 0 atom stereocenters. The van der Waals surface area contributed by atoms with Crippen molar-refractivity contribution in [3.8, 4) is 0 Å². The summed E-state index contributed by atoms with van der Waals surface area (Å²) in [5, 5.41) is 23.5. The predicted octanol–water partition coefficient (Wildman–Crippen LogP) is 1.27. The molecule has 2 heterocycles. The van der Waals surface area contributed by atoms with Gasteiger partial charge in [-0.1, -0.05) is 0 Å². The van der Waals surface area contributed by atoms with Gasteiger partial charge in [0.1, 0.15) is 11.1 Å². The fourth-order valence-corrected chi connectivity index (χ4v) is 2.46. The molecule has 1 amide bonds. The third kappa shape index (κ3) is 4.03. The van der Waals surface area contributed by atoms with Crippen LogP contribution in [-0.2, 0) is 23.2 Å². The van der Waals surface area contributed by atoms with Crippen LogP contribution in [0.4, 0.5) is 4.79 Å². The summed E-state index contributed by atoms with van der Waals surface area (Å²) in [6, 6.07) is 0. The van der Waals surface area contributed by atoms with Crippen LogP contribution >= 0.6 is 0 Å². The highest BCUT2D eigenvalue weighted by molar-refractivity contribution is 5.68. The molecule has 0 aliphatic carbocycles. The summed E-state index contributed by atoms with van der Waals surface area (Å²) >= 11 is 0. The monoisotopic (exact) mass is 325 g/mol.